The van der Waals surface area contributed by atoms with Crippen LogP contribution in [0.15, 0.2) is 65.6 Å². The number of hydrogen-bond donors (Lipinski definition) is 2. The maximum Gasteiger partial charge on any atom is 0.270 e. The van der Waals surface area contributed by atoms with Gasteiger partial charge in [-0.25, -0.2) is 13.1 Å². The molecule has 0 saturated carbocycles. The third kappa shape index (κ3) is 3.74. The lowest BCUT2D eigenvalue weighted by atomic mass is 10.1. The van der Waals surface area contributed by atoms with E-state index in [1.54, 1.807) is 35.2 Å². The zero-order valence-corrected chi connectivity index (χ0v) is 15.6. The molecule has 1 aliphatic heterocycles. The van der Waals surface area contributed by atoms with Gasteiger partial charge < -0.3 is 9.88 Å². The number of carbonyl (C=O) groups excluding carboxylic acids is 1. The molecule has 27 heavy (non-hydrogen) atoms. The van der Waals surface area contributed by atoms with Crippen molar-refractivity contribution in [3.63, 3.8) is 0 Å². The number of hydrogen-bond acceptors (Lipinski definition) is 3. The molecule has 0 unspecified atom stereocenters. The molecule has 0 bridgehead atoms. The number of aromatic amines is 1. The van der Waals surface area contributed by atoms with Gasteiger partial charge in [-0.1, -0.05) is 36.4 Å². The summed E-state index contributed by atoms with van der Waals surface area (Å²) in [6.45, 7) is 1.05. The molecule has 1 saturated heterocycles. The molecule has 1 aromatic heterocycles. The van der Waals surface area contributed by atoms with Gasteiger partial charge >= 0.3 is 0 Å². The fourth-order valence-corrected chi connectivity index (χ4v) is 4.77. The number of H-pyrrole nitrogens is 1. The minimum Gasteiger partial charge on any atom is -0.351 e. The number of amides is 1. The lowest BCUT2D eigenvalue weighted by molar-refractivity contribution is 0.0706. The molecule has 0 atom stereocenters. The van der Waals surface area contributed by atoms with Crippen LogP contribution in [-0.2, 0) is 10.0 Å². The quantitative estimate of drug-likeness (QED) is 0.727. The lowest BCUT2D eigenvalue weighted by Gasteiger charge is -2.32. The molecule has 140 valence electrons. The van der Waals surface area contributed by atoms with Gasteiger partial charge in [-0.2, -0.15) is 0 Å². The van der Waals surface area contributed by atoms with Gasteiger partial charge in [0.2, 0.25) is 10.0 Å². The summed E-state index contributed by atoms with van der Waals surface area (Å²) in [4.78, 5) is 17.9. The van der Waals surface area contributed by atoms with E-state index in [2.05, 4.69) is 9.71 Å². The van der Waals surface area contributed by atoms with Crippen molar-refractivity contribution in [2.45, 2.75) is 23.8 Å². The molecule has 6 nitrogen and oxygen atoms in total. The monoisotopic (exact) mass is 383 g/mol. The summed E-state index contributed by atoms with van der Waals surface area (Å²) in [5, 5.41) is 1.01. The first-order valence-electron chi connectivity index (χ1n) is 8.97. The van der Waals surface area contributed by atoms with Crippen molar-refractivity contribution in [3.05, 3.63) is 66.4 Å². The highest BCUT2D eigenvalue weighted by atomic mass is 32.2. The number of nitrogens with zero attached hydrogens (tertiary/aromatic N) is 1. The third-order valence-corrected chi connectivity index (χ3v) is 6.45. The number of benzene rings is 2. The molecule has 2 aromatic carbocycles. The molecule has 7 heteroatoms. The van der Waals surface area contributed by atoms with Gasteiger partial charge in [-0.15, -0.1) is 0 Å². The smallest absolute Gasteiger partial charge is 0.270 e. The standard InChI is InChI=1S/C20H21N3O3S/c24-20(19-14-15-6-4-5-9-18(15)21-19)23-12-10-16(11-13-23)22-27(25,26)17-7-2-1-3-8-17/h1-9,14,16,21-22H,10-13H2. The number of aromatic nitrogens is 1. The Morgan fingerprint density at radius 3 is 2.37 bits per heavy atom. The second-order valence-corrected chi connectivity index (χ2v) is 8.49. The highest BCUT2D eigenvalue weighted by molar-refractivity contribution is 7.89. The Morgan fingerprint density at radius 1 is 1.00 bits per heavy atom. The lowest BCUT2D eigenvalue weighted by Crippen LogP contribution is -2.46. The Balaban J connectivity index is 1.39. The molecule has 1 fully saturated rings. The summed E-state index contributed by atoms with van der Waals surface area (Å²) in [6.07, 6.45) is 1.19. The summed E-state index contributed by atoms with van der Waals surface area (Å²) < 4.78 is 27.6. The van der Waals surface area contributed by atoms with Crippen LogP contribution in [0.4, 0.5) is 0 Å². The SMILES string of the molecule is O=C(c1cc2ccccc2[nH]1)N1CCC(NS(=O)(=O)c2ccccc2)CC1. The second kappa shape index (κ2) is 7.17. The van der Waals surface area contributed by atoms with Gasteiger partial charge in [-0.05, 0) is 37.1 Å². The average molecular weight is 383 g/mol. The summed E-state index contributed by atoms with van der Waals surface area (Å²) in [5.74, 6) is -0.0458. The van der Waals surface area contributed by atoms with Crippen LogP contribution >= 0.6 is 0 Å². The van der Waals surface area contributed by atoms with Gasteiger partial charge in [0.1, 0.15) is 5.69 Å². The number of fused-ring (bicyclic) bond motifs is 1. The van der Waals surface area contributed by atoms with Crippen molar-refractivity contribution >= 4 is 26.8 Å². The topological polar surface area (TPSA) is 82.3 Å². The fraction of sp³-hybridized carbons (Fsp3) is 0.250. The molecule has 4 rings (SSSR count). The Bertz CT molecular complexity index is 1020. The van der Waals surface area contributed by atoms with Crippen LogP contribution in [0.25, 0.3) is 10.9 Å². The Kier molecular flexibility index (Phi) is 4.72. The van der Waals surface area contributed by atoms with E-state index in [9.17, 15) is 13.2 Å². The number of nitrogens with one attached hydrogen (secondary N) is 2. The maximum atomic E-state index is 12.7. The minimum absolute atomic E-state index is 0.0458. The summed E-state index contributed by atoms with van der Waals surface area (Å²) in [5.41, 5.74) is 1.51. The first-order chi connectivity index (χ1) is 13.0. The molecule has 2 N–H and O–H groups in total. The Labute approximate surface area is 158 Å². The summed E-state index contributed by atoms with van der Waals surface area (Å²) in [6, 6.07) is 17.8. The highest BCUT2D eigenvalue weighted by Gasteiger charge is 2.27. The zero-order valence-electron chi connectivity index (χ0n) is 14.8. The van der Waals surface area contributed by atoms with Crippen molar-refractivity contribution in [1.29, 1.82) is 0 Å². The number of likely N-dealkylation sites (tertiary alicyclic amines) is 1. The van der Waals surface area contributed by atoms with E-state index < -0.39 is 10.0 Å². The van der Waals surface area contributed by atoms with E-state index in [-0.39, 0.29) is 16.8 Å². The summed E-state index contributed by atoms with van der Waals surface area (Å²) >= 11 is 0. The predicted molar refractivity (Wildman–Crippen MR) is 104 cm³/mol. The summed E-state index contributed by atoms with van der Waals surface area (Å²) in [7, 11) is -3.53. The van der Waals surface area contributed by atoms with Gasteiger partial charge in [-0.3, -0.25) is 4.79 Å². The van der Waals surface area contributed by atoms with E-state index >= 15 is 0 Å². The van der Waals surface area contributed by atoms with Crippen LogP contribution in [0.2, 0.25) is 0 Å². The van der Waals surface area contributed by atoms with E-state index in [0.29, 0.717) is 31.6 Å². The normalized spacial score (nSPS) is 15.9. The number of para-hydroxylation sites is 1. The molecule has 0 spiro atoms. The second-order valence-electron chi connectivity index (χ2n) is 6.77. The average Bonchev–Trinajstić information content (AvgIpc) is 3.13. The number of sulfonamides is 1. The van der Waals surface area contributed by atoms with E-state index in [0.717, 1.165) is 10.9 Å². The van der Waals surface area contributed by atoms with Crippen molar-refractivity contribution < 1.29 is 13.2 Å². The number of carbonyl (C=O) groups is 1. The van der Waals surface area contributed by atoms with E-state index in [1.807, 2.05) is 30.3 Å². The van der Waals surface area contributed by atoms with Crippen LogP contribution in [-0.4, -0.2) is 43.3 Å². The van der Waals surface area contributed by atoms with Crippen molar-refractivity contribution in [2.24, 2.45) is 0 Å². The third-order valence-electron chi connectivity index (χ3n) is 4.92. The van der Waals surface area contributed by atoms with Crippen molar-refractivity contribution in [3.8, 4) is 0 Å². The molecule has 3 aromatic rings. The van der Waals surface area contributed by atoms with Gasteiger partial charge in [0.05, 0.1) is 4.90 Å². The van der Waals surface area contributed by atoms with Crippen LogP contribution in [0.1, 0.15) is 23.3 Å². The molecule has 0 radical (unpaired) electrons. The molecular weight excluding hydrogens is 362 g/mol. The van der Waals surface area contributed by atoms with Crippen LogP contribution in [0.3, 0.4) is 0 Å². The first-order valence-corrected chi connectivity index (χ1v) is 10.5. The molecular formula is C20H21N3O3S. The van der Waals surface area contributed by atoms with Crippen molar-refractivity contribution in [2.75, 3.05) is 13.1 Å². The van der Waals surface area contributed by atoms with Crippen LogP contribution in [0.5, 0.6) is 0 Å². The molecule has 1 amide bonds. The molecule has 2 heterocycles. The van der Waals surface area contributed by atoms with Crippen LogP contribution in [0, 0.1) is 0 Å². The molecule has 1 aliphatic rings. The fourth-order valence-electron chi connectivity index (χ4n) is 3.45. The minimum atomic E-state index is -3.53. The largest absolute Gasteiger partial charge is 0.351 e. The zero-order chi connectivity index (χ0) is 18.9. The Hall–Kier alpha value is -2.64. The Morgan fingerprint density at radius 2 is 1.67 bits per heavy atom. The maximum absolute atomic E-state index is 12.7. The van der Waals surface area contributed by atoms with Gasteiger partial charge in [0.15, 0.2) is 0 Å². The van der Waals surface area contributed by atoms with Gasteiger partial charge in [0.25, 0.3) is 5.91 Å². The van der Waals surface area contributed by atoms with Gasteiger partial charge in [0, 0.05) is 30.0 Å². The first kappa shape index (κ1) is 17.8. The van der Waals surface area contributed by atoms with Crippen molar-refractivity contribution in [1.82, 2.24) is 14.6 Å². The van der Waals surface area contributed by atoms with E-state index in [1.165, 1.54) is 0 Å². The molecule has 0 aliphatic carbocycles. The van der Waals surface area contributed by atoms with Crippen LogP contribution < -0.4 is 4.72 Å². The number of rotatable bonds is 4. The predicted octanol–water partition coefficient (Wildman–Crippen LogP) is 2.75. The number of piperidine rings is 1. The van der Waals surface area contributed by atoms with E-state index in [4.69, 9.17) is 0 Å². The highest BCUT2D eigenvalue weighted by Crippen LogP contribution is 2.19.